The molecule has 1 aromatic heterocycles. The molecule has 2 aromatic rings. The minimum Gasteiger partial charge on any atom is -0.390 e. The Kier molecular flexibility index (Phi) is 2.49. The first-order chi connectivity index (χ1) is 9.20. The van der Waals surface area contributed by atoms with Gasteiger partial charge < -0.3 is 5.73 Å². The minimum absolute atomic E-state index is 0.0140. The van der Waals surface area contributed by atoms with Gasteiger partial charge in [-0.1, -0.05) is 30.3 Å². The molecule has 0 aliphatic heterocycles. The lowest BCUT2D eigenvalue weighted by Crippen LogP contribution is -2.42. The molecule has 0 spiro atoms. The summed E-state index contributed by atoms with van der Waals surface area (Å²) in [5.74, 6) is -0.537. The van der Waals surface area contributed by atoms with Crippen LogP contribution in [-0.2, 0) is 0 Å². The summed E-state index contributed by atoms with van der Waals surface area (Å²) in [6.07, 6.45) is 3.39. The molecule has 0 atom stereocenters. The molecule has 92 valence electrons. The van der Waals surface area contributed by atoms with Crippen molar-refractivity contribution in [2.75, 3.05) is 0 Å². The van der Waals surface area contributed by atoms with E-state index in [-0.39, 0.29) is 23.0 Å². The second-order valence-electron chi connectivity index (χ2n) is 4.25. The molecule has 1 aromatic carbocycles. The Morgan fingerprint density at radius 3 is 2.00 bits per heavy atom. The van der Waals surface area contributed by atoms with Crippen LogP contribution in [0.5, 0.6) is 0 Å². The Morgan fingerprint density at radius 1 is 0.789 bits per heavy atom. The van der Waals surface area contributed by atoms with E-state index < -0.39 is 0 Å². The van der Waals surface area contributed by atoms with E-state index in [0.29, 0.717) is 11.1 Å². The highest BCUT2D eigenvalue weighted by atomic mass is 16.1. The number of allylic oxidation sites excluding steroid dienone is 2. The van der Waals surface area contributed by atoms with Crippen molar-refractivity contribution in [1.29, 1.82) is 0 Å². The number of ketones is 2. The first kappa shape index (κ1) is 11.3. The predicted molar refractivity (Wildman–Crippen MR) is 69.1 cm³/mol. The van der Waals surface area contributed by atoms with Crippen molar-refractivity contribution >= 4 is 17.3 Å². The first-order valence-electron chi connectivity index (χ1n) is 5.85. The average molecular weight is 251 g/mol. The van der Waals surface area contributed by atoms with E-state index in [1.165, 1.54) is 0 Å². The van der Waals surface area contributed by atoms with Gasteiger partial charge in [-0.3, -0.25) is 9.59 Å². The number of pyridine rings is 1. The topological polar surface area (TPSA) is 64.0 Å². The van der Waals surface area contributed by atoms with Crippen LogP contribution in [0.4, 0.5) is 0 Å². The van der Waals surface area contributed by atoms with Gasteiger partial charge in [-0.25, -0.2) is 0 Å². The number of carbonyl (C=O) groups is 2. The number of hydrogen-bond acceptors (Lipinski definition) is 3. The molecule has 1 aliphatic rings. The molecule has 2 N–H and O–H groups in total. The van der Waals surface area contributed by atoms with Crippen LogP contribution in [0.15, 0.2) is 60.6 Å². The largest absolute Gasteiger partial charge is 0.390 e. The molecule has 4 heteroatoms. The second-order valence-corrected chi connectivity index (χ2v) is 4.25. The standard InChI is InChI=1S/C15H10N2O2/c16-12-13(17-8-4-1-5-9-17)15(19)11-7-3-2-6-10(11)14(12)18/h1-9H,(H-,16,19)/p+1. The maximum absolute atomic E-state index is 12.5. The lowest BCUT2D eigenvalue weighted by Gasteiger charge is -2.14. The van der Waals surface area contributed by atoms with Crippen LogP contribution in [0.2, 0.25) is 0 Å². The lowest BCUT2D eigenvalue weighted by molar-refractivity contribution is -0.577. The van der Waals surface area contributed by atoms with Crippen molar-refractivity contribution in [2.24, 2.45) is 5.73 Å². The number of rotatable bonds is 1. The lowest BCUT2D eigenvalue weighted by atomic mass is 9.90. The summed E-state index contributed by atoms with van der Waals surface area (Å²) >= 11 is 0. The quantitative estimate of drug-likeness (QED) is 0.774. The van der Waals surface area contributed by atoms with E-state index in [0.717, 1.165) is 0 Å². The fourth-order valence-electron chi connectivity index (χ4n) is 2.19. The number of hydrogen-bond donors (Lipinski definition) is 1. The summed E-state index contributed by atoms with van der Waals surface area (Å²) < 4.78 is 1.57. The normalized spacial score (nSPS) is 14.5. The van der Waals surface area contributed by atoms with E-state index in [1.54, 1.807) is 53.4 Å². The molecule has 4 nitrogen and oxygen atoms in total. The molecule has 0 fully saturated rings. The zero-order valence-corrected chi connectivity index (χ0v) is 10.0. The summed E-state index contributed by atoms with van der Waals surface area (Å²) in [7, 11) is 0. The van der Waals surface area contributed by atoms with Gasteiger partial charge in [-0.2, -0.15) is 4.57 Å². The highest BCUT2D eigenvalue weighted by Gasteiger charge is 2.36. The number of carbonyl (C=O) groups excluding carboxylic acids is 2. The first-order valence-corrected chi connectivity index (χ1v) is 5.85. The van der Waals surface area contributed by atoms with E-state index in [1.807, 2.05) is 6.07 Å². The van der Waals surface area contributed by atoms with Crippen molar-refractivity contribution in [3.05, 3.63) is 71.7 Å². The SMILES string of the molecule is NC1=C([n+]2ccccc2)C(=O)c2ccccc2C1=O. The number of Topliss-reactive ketones (excluding diaryl/α,β-unsaturated/α-hetero) is 2. The van der Waals surface area contributed by atoms with Crippen LogP contribution >= 0.6 is 0 Å². The molecule has 0 saturated carbocycles. The number of nitrogens with zero attached hydrogens (tertiary/aromatic N) is 1. The minimum atomic E-state index is -0.304. The maximum atomic E-state index is 12.5. The van der Waals surface area contributed by atoms with Gasteiger partial charge in [0.2, 0.25) is 5.78 Å². The fourth-order valence-corrected chi connectivity index (χ4v) is 2.19. The Balaban J connectivity index is 2.25. The highest BCUT2D eigenvalue weighted by molar-refractivity contribution is 6.35. The van der Waals surface area contributed by atoms with Crippen molar-refractivity contribution in [2.45, 2.75) is 0 Å². The van der Waals surface area contributed by atoms with Gasteiger partial charge in [-0.05, 0) is 0 Å². The molecule has 3 rings (SSSR count). The third-order valence-corrected chi connectivity index (χ3v) is 3.10. The molecule has 0 amide bonds. The smallest absolute Gasteiger partial charge is 0.286 e. The van der Waals surface area contributed by atoms with Crippen LogP contribution in [0.25, 0.3) is 5.70 Å². The van der Waals surface area contributed by atoms with Crippen molar-refractivity contribution in [1.82, 2.24) is 0 Å². The van der Waals surface area contributed by atoms with Crippen LogP contribution in [0.3, 0.4) is 0 Å². The van der Waals surface area contributed by atoms with E-state index in [4.69, 9.17) is 5.73 Å². The van der Waals surface area contributed by atoms with Gasteiger partial charge >= 0.3 is 0 Å². The summed E-state index contributed by atoms with van der Waals surface area (Å²) in [4.78, 5) is 24.7. The Bertz CT molecular complexity index is 718. The number of fused-ring (bicyclic) bond motifs is 1. The second kappa shape index (κ2) is 4.17. The van der Waals surface area contributed by atoms with E-state index in [2.05, 4.69) is 0 Å². The van der Waals surface area contributed by atoms with E-state index in [9.17, 15) is 9.59 Å². The Hall–Kier alpha value is -2.75. The number of aromatic nitrogens is 1. The third kappa shape index (κ3) is 1.65. The van der Waals surface area contributed by atoms with Crippen molar-refractivity contribution in [3.63, 3.8) is 0 Å². The average Bonchev–Trinajstić information content (AvgIpc) is 2.46. The summed E-state index contributed by atoms with van der Waals surface area (Å²) in [5, 5.41) is 0. The van der Waals surface area contributed by atoms with Crippen molar-refractivity contribution in [3.8, 4) is 0 Å². The number of benzene rings is 1. The molecule has 1 heterocycles. The van der Waals surface area contributed by atoms with Gasteiger partial charge in [-0.15, -0.1) is 0 Å². The van der Waals surface area contributed by atoms with Gasteiger partial charge in [0.1, 0.15) is 0 Å². The van der Waals surface area contributed by atoms with Gasteiger partial charge in [0.15, 0.2) is 18.1 Å². The van der Waals surface area contributed by atoms with Gasteiger partial charge in [0, 0.05) is 23.3 Å². The monoisotopic (exact) mass is 251 g/mol. The predicted octanol–water partition coefficient (Wildman–Crippen LogP) is 1.18. The number of nitrogens with two attached hydrogens (primary N) is 1. The van der Waals surface area contributed by atoms with Gasteiger partial charge in [0.25, 0.3) is 11.5 Å². The summed E-state index contributed by atoms with van der Waals surface area (Å²) in [6.45, 7) is 0. The molecule has 1 aliphatic carbocycles. The molecule has 0 radical (unpaired) electrons. The summed E-state index contributed by atoms with van der Waals surface area (Å²) in [6, 6.07) is 12.1. The fraction of sp³-hybridized carbons (Fsp3) is 0. The Morgan fingerprint density at radius 2 is 1.37 bits per heavy atom. The van der Waals surface area contributed by atoms with Crippen LogP contribution in [0.1, 0.15) is 20.7 Å². The summed E-state index contributed by atoms with van der Waals surface area (Å²) in [5.41, 5.74) is 6.81. The molecule has 0 saturated heterocycles. The van der Waals surface area contributed by atoms with E-state index >= 15 is 0 Å². The molecular weight excluding hydrogens is 240 g/mol. The van der Waals surface area contributed by atoms with Crippen molar-refractivity contribution < 1.29 is 14.2 Å². The highest BCUT2D eigenvalue weighted by Crippen LogP contribution is 2.23. The maximum Gasteiger partial charge on any atom is 0.286 e. The zero-order chi connectivity index (χ0) is 13.4. The van der Waals surface area contributed by atoms with Crippen LogP contribution < -0.4 is 10.3 Å². The van der Waals surface area contributed by atoms with Gasteiger partial charge in [0.05, 0.1) is 0 Å². The Labute approximate surface area is 109 Å². The molecule has 0 unspecified atom stereocenters. The zero-order valence-electron chi connectivity index (χ0n) is 10.0. The molecule has 0 bridgehead atoms. The molecular formula is C15H11N2O2+. The third-order valence-electron chi connectivity index (χ3n) is 3.10. The molecule has 19 heavy (non-hydrogen) atoms. The van der Waals surface area contributed by atoms with Crippen LogP contribution in [0, 0.1) is 0 Å². The van der Waals surface area contributed by atoms with Crippen LogP contribution in [-0.4, -0.2) is 11.6 Å².